The molecule has 0 spiro atoms. The second-order valence-electron chi connectivity index (χ2n) is 11.9. The van der Waals surface area contributed by atoms with Crippen molar-refractivity contribution in [2.75, 3.05) is 6.61 Å². The maximum absolute atomic E-state index is 16.2. The van der Waals surface area contributed by atoms with Crippen LogP contribution in [0.2, 0.25) is 0 Å². The molecule has 0 saturated heterocycles. The third-order valence-electron chi connectivity index (χ3n) is 8.64. The van der Waals surface area contributed by atoms with Crippen LogP contribution in [0.25, 0.3) is 0 Å². The van der Waals surface area contributed by atoms with Gasteiger partial charge in [-0.05, 0) is 96.5 Å². The standard InChI is InChI=1S/C29H45FO6/c1-6-35-26(34)36-27(2,3)25(33)13-15-29(5,30)24-12-11-23-20(8-7-14-28(23,24)4)10-9-19-16-21(31)18-22(32)17-19/h9-10,13,15,21-25,31-33H,6-8,11-12,14,16-18H2,1-5H3/b15-13+,20-10+/t21-,22-,23+,24+,25+,28+,29-/m1/s1. The molecular formula is C29H45FO6. The Kier molecular flexibility index (Phi) is 9.11. The number of alkyl halides is 1. The van der Waals surface area contributed by atoms with E-state index in [0.29, 0.717) is 19.3 Å². The fourth-order valence-corrected chi connectivity index (χ4v) is 6.75. The van der Waals surface area contributed by atoms with Gasteiger partial charge in [0.05, 0.1) is 18.8 Å². The molecule has 0 aromatic rings. The topological polar surface area (TPSA) is 96.2 Å². The number of rotatable bonds is 7. The summed E-state index contributed by atoms with van der Waals surface area (Å²) in [4.78, 5) is 11.7. The average molecular weight is 509 g/mol. The Morgan fingerprint density at radius 2 is 1.86 bits per heavy atom. The second kappa shape index (κ2) is 11.4. The number of allylic oxidation sites excluding steroid dienone is 4. The lowest BCUT2D eigenvalue weighted by molar-refractivity contribution is -0.0661. The van der Waals surface area contributed by atoms with Gasteiger partial charge in [0, 0.05) is 5.92 Å². The van der Waals surface area contributed by atoms with Crippen LogP contribution in [-0.4, -0.2) is 57.7 Å². The van der Waals surface area contributed by atoms with E-state index in [1.807, 2.05) is 0 Å². The third kappa shape index (κ3) is 6.59. The maximum Gasteiger partial charge on any atom is 0.508 e. The van der Waals surface area contributed by atoms with Gasteiger partial charge in [-0.25, -0.2) is 9.18 Å². The van der Waals surface area contributed by atoms with Crippen LogP contribution in [0.15, 0.2) is 35.5 Å². The van der Waals surface area contributed by atoms with Crippen molar-refractivity contribution >= 4 is 6.16 Å². The average Bonchev–Trinajstić information content (AvgIpc) is 3.13. The molecule has 204 valence electrons. The van der Waals surface area contributed by atoms with Crippen LogP contribution >= 0.6 is 0 Å². The molecule has 0 radical (unpaired) electrons. The molecule has 7 heteroatoms. The molecule has 3 saturated carbocycles. The van der Waals surface area contributed by atoms with Crippen LogP contribution in [-0.2, 0) is 9.47 Å². The van der Waals surface area contributed by atoms with E-state index in [1.54, 1.807) is 27.7 Å². The Balaban J connectivity index is 1.73. The Morgan fingerprint density at radius 1 is 1.19 bits per heavy atom. The lowest BCUT2D eigenvalue weighted by atomic mass is 9.60. The van der Waals surface area contributed by atoms with Gasteiger partial charge in [0.15, 0.2) is 0 Å². The molecular weight excluding hydrogens is 463 g/mol. The smallest absolute Gasteiger partial charge is 0.435 e. The van der Waals surface area contributed by atoms with Crippen molar-refractivity contribution in [1.29, 1.82) is 0 Å². The van der Waals surface area contributed by atoms with Crippen LogP contribution in [0.3, 0.4) is 0 Å². The maximum atomic E-state index is 16.2. The summed E-state index contributed by atoms with van der Waals surface area (Å²) >= 11 is 0. The summed E-state index contributed by atoms with van der Waals surface area (Å²) in [7, 11) is 0. The first-order valence-electron chi connectivity index (χ1n) is 13.4. The van der Waals surface area contributed by atoms with E-state index in [0.717, 1.165) is 37.7 Å². The molecule has 0 aromatic carbocycles. The van der Waals surface area contributed by atoms with Gasteiger partial charge in [0.1, 0.15) is 17.4 Å². The van der Waals surface area contributed by atoms with Gasteiger partial charge in [0.25, 0.3) is 0 Å². The highest BCUT2D eigenvalue weighted by molar-refractivity contribution is 5.60. The molecule has 0 bridgehead atoms. The zero-order valence-corrected chi connectivity index (χ0v) is 22.5. The number of ether oxygens (including phenoxy) is 2. The van der Waals surface area contributed by atoms with Crippen molar-refractivity contribution in [2.45, 2.75) is 116 Å². The van der Waals surface area contributed by atoms with E-state index < -0.39 is 35.7 Å². The van der Waals surface area contributed by atoms with Gasteiger partial charge in [-0.15, -0.1) is 0 Å². The van der Waals surface area contributed by atoms with Crippen molar-refractivity contribution in [3.05, 3.63) is 35.5 Å². The molecule has 0 amide bonds. The lowest BCUT2D eigenvalue weighted by Gasteiger charge is -2.45. The van der Waals surface area contributed by atoms with Gasteiger partial charge in [0.2, 0.25) is 0 Å². The number of aliphatic hydroxyl groups excluding tert-OH is 3. The highest BCUT2D eigenvalue weighted by atomic mass is 19.1. The molecule has 0 aromatic heterocycles. The number of hydrogen-bond donors (Lipinski definition) is 3. The van der Waals surface area contributed by atoms with E-state index >= 15 is 4.39 Å². The number of hydrogen-bond acceptors (Lipinski definition) is 6. The van der Waals surface area contributed by atoms with Gasteiger partial charge in [-0.2, -0.15) is 0 Å². The van der Waals surface area contributed by atoms with E-state index in [-0.39, 0.29) is 23.9 Å². The summed E-state index contributed by atoms with van der Waals surface area (Å²) in [5.74, 6) is 0.0748. The van der Waals surface area contributed by atoms with Crippen LogP contribution < -0.4 is 0 Å². The summed E-state index contributed by atoms with van der Waals surface area (Å²) in [6.45, 7) is 8.75. The molecule has 0 heterocycles. The van der Waals surface area contributed by atoms with Crippen LogP contribution in [0, 0.1) is 17.3 Å². The molecule has 36 heavy (non-hydrogen) atoms. The zero-order chi connectivity index (χ0) is 26.7. The largest absolute Gasteiger partial charge is 0.508 e. The van der Waals surface area contributed by atoms with Crippen molar-refractivity contribution in [1.82, 2.24) is 0 Å². The predicted molar refractivity (Wildman–Crippen MR) is 137 cm³/mol. The summed E-state index contributed by atoms with van der Waals surface area (Å²) in [6, 6.07) is 0. The number of carbonyl (C=O) groups excluding carboxylic acids is 1. The number of carbonyl (C=O) groups is 1. The number of aliphatic hydroxyl groups is 3. The molecule has 3 aliphatic rings. The minimum absolute atomic E-state index is 0.169. The molecule has 6 nitrogen and oxygen atoms in total. The SMILES string of the molecule is CCOC(=O)OC(C)(C)[C@@H](O)/C=C/[C@@](C)(F)[C@H]1CC[C@H]2/C(=C/C=C3C[C@@H](O)C[C@H](O)C3)CCC[C@@]21C. The molecule has 3 fully saturated rings. The van der Waals surface area contributed by atoms with Crippen molar-refractivity contribution < 1.29 is 34.0 Å². The Hall–Kier alpha value is -1.70. The molecule has 3 rings (SSSR count). The Morgan fingerprint density at radius 3 is 2.50 bits per heavy atom. The monoisotopic (exact) mass is 508 g/mol. The fraction of sp³-hybridized carbons (Fsp3) is 0.759. The summed E-state index contributed by atoms with van der Waals surface area (Å²) in [6.07, 6.45) is 10.2. The van der Waals surface area contributed by atoms with Gasteiger partial charge >= 0.3 is 6.16 Å². The van der Waals surface area contributed by atoms with Crippen molar-refractivity contribution in [3.63, 3.8) is 0 Å². The second-order valence-corrected chi connectivity index (χ2v) is 11.9. The number of halogens is 1. The molecule has 3 N–H and O–H groups in total. The van der Waals surface area contributed by atoms with Gasteiger partial charge in [-0.3, -0.25) is 0 Å². The quantitative estimate of drug-likeness (QED) is 0.308. The molecule has 7 atom stereocenters. The van der Waals surface area contributed by atoms with E-state index in [4.69, 9.17) is 9.47 Å². The normalized spacial score (nSPS) is 34.8. The van der Waals surface area contributed by atoms with Crippen LogP contribution in [0.5, 0.6) is 0 Å². The van der Waals surface area contributed by atoms with Crippen LogP contribution in [0.4, 0.5) is 9.18 Å². The Labute approximate surface area is 215 Å². The third-order valence-corrected chi connectivity index (χ3v) is 8.64. The van der Waals surface area contributed by atoms with E-state index in [9.17, 15) is 20.1 Å². The molecule has 0 aliphatic heterocycles. The fourth-order valence-electron chi connectivity index (χ4n) is 6.75. The van der Waals surface area contributed by atoms with Gasteiger partial charge < -0.3 is 24.8 Å². The minimum Gasteiger partial charge on any atom is -0.435 e. The van der Waals surface area contributed by atoms with E-state index in [1.165, 1.54) is 17.7 Å². The van der Waals surface area contributed by atoms with Crippen molar-refractivity contribution in [3.8, 4) is 0 Å². The van der Waals surface area contributed by atoms with E-state index in [2.05, 4.69) is 19.1 Å². The number of fused-ring (bicyclic) bond motifs is 1. The predicted octanol–water partition coefficient (Wildman–Crippen LogP) is 5.56. The van der Waals surface area contributed by atoms with Crippen molar-refractivity contribution in [2.24, 2.45) is 17.3 Å². The first kappa shape index (κ1) is 28.9. The highest BCUT2D eigenvalue weighted by Crippen LogP contribution is 2.61. The van der Waals surface area contributed by atoms with Gasteiger partial charge in [-0.1, -0.05) is 36.3 Å². The summed E-state index contributed by atoms with van der Waals surface area (Å²) in [5.41, 5.74) is -0.699. The highest BCUT2D eigenvalue weighted by Gasteiger charge is 2.55. The first-order chi connectivity index (χ1) is 16.8. The summed E-state index contributed by atoms with van der Waals surface area (Å²) < 4.78 is 26.2. The molecule has 0 unspecified atom stereocenters. The first-order valence-corrected chi connectivity index (χ1v) is 13.4. The lowest BCUT2D eigenvalue weighted by Crippen LogP contribution is -2.43. The minimum atomic E-state index is -1.64. The van der Waals surface area contributed by atoms with Crippen LogP contribution in [0.1, 0.15) is 86.0 Å². The zero-order valence-electron chi connectivity index (χ0n) is 22.5. The summed E-state index contributed by atoms with van der Waals surface area (Å²) in [5, 5.41) is 30.6. The molecule has 3 aliphatic carbocycles. The Bertz CT molecular complexity index is 863.